The minimum absolute atomic E-state index is 0.0618. The Hall–Kier alpha value is -3.60. The summed E-state index contributed by atoms with van der Waals surface area (Å²) in [4.78, 5) is 13.1. The molecule has 5 nitrogen and oxygen atoms in total. The second-order valence-corrected chi connectivity index (χ2v) is 6.79. The number of hydrogen-bond acceptors (Lipinski definition) is 4. The van der Waals surface area contributed by atoms with E-state index in [0.717, 1.165) is 28.0 Å². The van der Waals surface area contributed by atoms with Gasteiger partial charge in [-0.3, -0.25) is 4.79 Å². The van der Waals surface area contributed by atoms with Gasteiger partial charge in [-0.1, -0.05) is 60.7 Å². The molecule has 0 atom stereocenters. The molecular formula is C24H22N2O3. The van der Waals surface area contributed by atoms with Gasteiger partial charge in [-0.2, -0.15) is 5.10 Å². The van der Waals surface area contributed by atoms with Crippen LogP contribution in [0.4, 0.5) is 0 Å². The number of hydrazone groups is 1. The lowest BCUT2D eigenvalue weighted by atomic mass is 9.95. The van der Waals surface area contributed by atoms with Gasteiger partial charge in [0.25, 0.3) is 0 Å². The van der Waals surface area contributed by atoms with Gasteiger partial charge in [0, 0.05) is 11.1 Å². The van der Waals surface area contributed by atoms with Gasteiger partial charge < -0.3 is 9.47 Å². The van der Waals surface area contributed by atoms with Crippen molar-refractivity contribution in [2.45, 2.75) is 13.0 Å². The molecule has 0 fully saturated rings. The highest BCUT2D eigenvalue weighted by Gasteiger charge is 2.26. The Bertz CT molecular complexity index is 1050. The highest BCUT2D eigenvalue weighted by atomic mass is 16.5. The summed E-state index contributed by atoms with van der Waals surface area (Å²) in [5.41, 5.74) is 4.44. The SMILES string of the molecule is COc1cc2c(cc1OC)C(c1ccccc1)=NN(Cc1ccccc1)C(=O)C2. The summed E-state index contributed by atoms with van der Waals surface area (Å²) in [5, 5.41) is 6.35. The largest absolute Gasteiger partial charge is 0.493 e. The number of carbonyl (C=O) groups excluding carboxylic acids is 1. The quantitative estimate of drug-likeness (QED) is 0.665. The monoisotopic (exact) mass is 386 g/mol. The van der Waals surface area contributed by atoms with Crippen molar-refractivity contribution in [2.75, 3.05) is 14.2 Å². The molecule has 146 valence electrons. The van der Waals surface area contributed by atoms with Crippen molar-refractivity contribution >= 4 is 11.6 Å². The van der Waals surface area contributed by atoms with E-state index >= 15 is 0 Å². The van der Waals surface area contributed by atoms with Crippen LogP contribution in [0.1, 0.15) is 22.3 Å². The van der Waals surface area contributed by atoms with Crippen molar-refractivity contribution in [3.8, 4) is 11.5 Å². The molecule has 0 aromatic heterocycles. The first-order chi connectivity index (χ1) is 14.2. The summed E-state index contributed by atoms with van der Waals surface area (Å²) >= 11 is 0. The highest BCUT2D eigenvalue weighted by Crippen LogP contribution is 2.34. The first-order valence-corrected chi connectivity index (χ1v) is 9.43. The van der Waals surface area contributed by atoms with Gasteiger partial charge >= 0.3 is 0 Å². The number of benzene rings is 3. The molecule has 1 aliphatic rings. The fraction of sp³-hybridized carbons (Fsp3) is 0.167. The Kier molecular flexibility index (Phi) is 5.29. The first-order valence-electron chi connectivity index (χ1n) is 9.43. The maximum absolute atomic E-state index is 13.1. The molecule has 0 saturated heterocycles. The standard InChI is InChI=1S/C24H22N2O3/c1-28-21-13-19-14-23(27)26(16-17-9-5-3-6-10-17)25-24(18-11-7-4-8-12-18)20(19)15-22(21)29-2/h3-13,15H,14,16H2,1-2H3. The zero-order valence-electron chi connectivity index (χ0n) is 16.5. The first kappa shape index (κ1) is 18.7. The molecule has 5 heteroatoms. The molecule has 0 N–H and O–H groups in total. The van der Waals surface area contributed by atoms with Crippen LogP contribution in [0.15, 0.2) is 77.9 Å². The number of hydrogen-bond donors (Lipinski definition) is 0. The normalized spacial score (nSPS) is 13.4. The molecule has 4 rings (SSSR count). The molecule has 29 heavy (non-hydrogen) atoms. The van der Waals surface area contributed by atoms with Crippen molar-refractivity contribution in [3.63, 3.8) is 0 Å². The van der Waals surface area contributed by atoms with Crippen molar-refractivity contribution in [2.24, 2.45) is 5.10 Å². The summed E-state index contributed by atoms with van der Waals surface area (Å²) in [7, 11) is 3.20. The van der Waals surface area contributed by atoms with Crippen LogP contribution in [0.2, 0.25) is 0 Å². The minimum atomic E-state index is -0.0618. The van der Waals surface area contributed by atoms with Gasteiger partial charge in [-0.15, -0.1) is 0 Å². The Morgan fingerprint density at radius 1 is 0.897 bits per heavy atom. The van der Waals surface area contributed by atoms with Crippen molar-refractivity contribution in [1.82, 2.24) is 5.01 Å². The van der Waals surface area contributed by atoms with E-state index in [1.165, 1.54) is 0 Å². The smallest absolute Gasteiger partial charge is 0.247 e. The third-order valence-electron chi connectivity index (χ3n) is 4.94. The average molecular weight is 386 g/mol. The fourth-order valence-electron chi connectivity index (χ4n) is 3.46. The number of nitrogens with zero attached hydrogens (tertiary/aromatic N) is 2. The molecular weight excluding hydrogens is 364 g/mol. The maximum atomic E-state index is 13.1. The van der Waals surface area contributed by atoms with Gasteiger partial charge in [0.15, 0.2) is 11.5 Å². The van der Waals surface area contributed by atoms with E-state index in [9.17, 15) is 4.79 Å². The van der Waals surface area contributed by atoms with Crippen LogP contribution in [0, 0.1) is 0 Å². The van der Waals surface area contributed by atoms with Crippen LogP contribution in [-0.4, -0.2) is 30.8 Å². The Morgan fingerprint density at radius 2 is 1.52 bits per heavy atom. The summed E-state index contributed by atoms with van der Waals surface area (Å²) in [5.74, 6) is 1.15. The van der Waals surface area contributed by atoms with Crippen molar-refractivity contribution in [3.05, 3.63) is 95.1 Å². The molecule has 1 amide bonds. The van der Waals surface area contributed by atoms with E-state index in [2.05, 4.69) is 0 Å². The molecule has 0 spiro atoms. The van der Waals surface area contributed by atoms with Gasteiger partial charge in [0.1, 0.15) is 0 Å². The number of fused-ring (bicyclic) bond motifs is 1. The van der Waals surface area contributed by atoms with Crippen molar-refractivity contribution < 1.29 is 14.3 Å². The lowest BCUT2D eigenvalue weighted by Gasteiger charge is -2.17. The number of ether oxygens (including phenoxy) is 2. The van der Waals surface area contributed by atoms with Crippen LogP contribution < -0.4 is 9.47 Å². The van der Waals surface area contributed by atoms with E-state index in [4.69, 9.17) is 14.6 Å². The topological polar surface area (TPSA) is 51.1 Å². The molecule has 3 aromatic rings. The van der Waals surface area contributed by atoms with E-state index < -0.39 is 0 Å². The van der Waals surface area contributed by atoms with E-state index in [1.54, 1.807) is 19.2 Å². The molecule has 3 aromatic carbocycles. The van der Waals surface area contributed by atoms with Crippen LogP contribution >= 0.6 is 0 Å². The third kappa shape index (κ3) is 3.85. The summed E-state index contributed by atoms with van der Waals surface area (Å²) in [6.07, 6.45) is 0.238. The Balaban J connectivity index is 1.86. The zero-order valence-corrected chi connectivity index (χ0v) is 16.5. The molecule has 1 heterocycles. The van der Waals surface area contributed by atoms with Crippen LogP contribution in [-0.2, 0) is 17.8 Å². The lowest BCUT2D eigenvalue weighted by Crippen LogP contribution is -2.26. The average Bonchev–Trinajstić information content (AvgIpc) is 2.90. The van der Waals surface area contributed by atoms with Crippen LogP contribution in [0.25, 0.3) is 0 Å². The fourth-order valence-corrected chi connectivity index (χ4v) is 3.46. The number of carbonyl (C=O) groups is 1. The van der Waals surface area contributed by atoms with Crippen LogP contribution in [0.5, 0.6) is 11.5 Å². The predicted octanol–water partition coefficient (Wildman–Crippen LogP) is 4.04. The molecule has 0 radical (unpaired) electrons. The highest BCUT2D eigenvalue weighted by molar-refractivity contribution is 6.15. The molecule has 1 aliphatic heterocycles. The van der Waals surface area contributed by atoms with E-state index in [0.29, 0.717) is 18.0 Å². The summed E-state index contributed by atoms with van der Waals surface area (Å²) < 4.78 is 11.0. The van der Waals surface area contributed by atoms with Gasteiger partial charge in [0.2, 0.25) is 5.91 Å². The minimum Gasteiger partial charge on any atom is -0.493 e. The van der Waals surface area contributed by atoms with Crippen molar-refractivity contribution in [1.29, 1.82) is 0 Å². The lowest BCUT2D eigenvalue weighted by molar-refractivity contribution is -0.131. The zero-order chi connectivity index (χ0) is 20.2. The Morgan fingerprint density at radius 3 is 2.17 bits per heavy atom. The second kappa shape index (κ2) is 8.19. The van der Waals surface area contributed by atoms with E-state index in [1.807, 2.05) is 72.8 Å². The molecule has 0 saturated carbocycles. The Labute approximate surface area is 170 Å². The van der Waals surface area contributed by atoms with Gasteiger partial charge in [0.05, 0.1) is 32.9 Å². The molecule has 0 unspecified atom stereocenters. The maximum Gasteiger partial charge on any atom is 0.247 e. The van der Waals surface area contributed by atoms with Gasteiger partial charge in [-0.05, 0) is 23.3 Å². The number of methoxy groups -OCH3 is 2. The number of rotatable bonds is 5. The second-order valence-electron chi connectivity index (χ2n) is 6.79. The third-order valence-corrected chi connectivity index (χ3v) is 4.94. The number of amides is 1. The van der Waals surface area contributed by atoms with Crippen LogP contribution in [0.3, 0.4) is 0 Å². The summed E-state index contributed by atoms with van der Waals surface area (Å²) in [6.45, 7) is 0.415. The predicted molar refractivity (Wildman–Crippen MR) is 112 cm³/mol. The molecule has 0 aliphatic carbocycles. The molecule has 0 bridgehead atoms. The summed E-state index contributed by atoms with van der Waals surface area (Å²) in [6, 6.07) is 23.5. The van der Waals surface area contributed by atoms with E-state index in [-0.39, 0.29) is 12.3 Å². The van der Waals surface area contributed by atoms with Gasteiger partial charge in [-0.25, -0.2) is 5.01 Å².